The van der Waals surface area contributed by atoms with Gasteiger partial charge in [0, 0.05) is 26.1 Å². The van der Waals surface area contributed by atoms with Gasteiger partial charge < -0.3 is 9.88 Å². The molecule has 0 unspecified atom stereocenters. The largest absolute Gasteiger partial charge is 0.329 e. The van der Waals surface area contributed by atoms with Gasteiger partial charge in [0.1, 0.15) is 16.2 Å². The summed E-state index contributed by atoms with van der Waals surface area (Å²) in [4.78, 5) is 4.58. The molecule has 0 radical (unpaired) electrons. The Kier molecular flexibility index (Phi) is 3.66. The minimum absolute atomic E-state index is 0.173. The van der Waals surface area contributed by atoms with E-state index >= 15 is 0 Å². The first-order chi connectivity index (χ1) is 9.24. The number of hydrogen-bond donors (Lipinski definition) is 1. The second-order valence-electron chi connectivity index (χ2n) is 4.72. The molecule has 2 aromatic rings. The molecule has 3 nitrogen and oxygen atoms in total. The SMILES string of the molecule is Fc1cccc(CCc2nc(Br)c3n2CCNC3)c1. The van der Waals surface area contributed by atoms with E-state index in [1.807, 2.05) is 6.07 Å². The molecule has 0 amide bonds. The highest BCUT2D eigenvalue weighted by atomic mass is 79.9. The molecule has 0 aliphatic carbocycles. The number of aromatic nitrogens is 2. The van der Waals surface area contributed by atoms with Crippen LogP contribution in [-0.2, 0) is 25.9 Å². The zero-order valence-electron chi connectivity index (χ0n) is 10.5. The summed E-state index contributed by atoms with van der Waals surface area (Å²) in [6, 6.07) is 6.78. The number of fused-ring (bicyclic) bond motifs is 1. The number of benzene rings is 1. The van der Waals surface area contributed by atoms with Gasteiger partial charge in [-0.15, -0.1) is 0 Å². The Labute approximate surface area is 120 Å². The van der Waals surface area contributed by atoms with Crippen molar-refractivity contribution >= 4 is 15.9 Å². The molecular formula is C14H15BrFN3. The number of aryl methyl sites for hydroxylation is 2. The Morgan fingerprint density at radius 3 is 3.11 bits per heavy atom. The summed E-state index contributed by atoms with van der Waals surface area (Å²) in [5, 5.41) is 3.34. The minimum Gasteiger partial charge on any atom is -0.329 e. The number of nitrogens with zero attached hydrogens (tertiary/aromatic N) is 2. The van der Waals surface area contributed by atoms with Crippen LogP contribution in [0.15, 0.2) is 28.9 Å². The number of rotatable bonds is 3. The van der Waals surface area contributed by atoms with Crippen LogP contribution >= 0.6 is 15.9 Å². The molecule has 0 saturated carbocycles. The van der Waals surface area contributed by atoms with Gasteiger partial charge in [-0.05, 0) is 40.0 Å². The lowest BCUT2D eigenvalue weighted by molar-refractivity contribution is 0.499. The molecule has 2 heterocycles. The molecule has 0 fully saturated rings. The fourth-order valence-corrected chi connectivity index (χ4v) is 3.03. The fourth-order valence-electron chi connectivity index (χ4n) is 2.47. The van der Waals surface area contributed by atoms with E-state index in [0.717, 1.165) is 48.5 Å². The van der Waals surface area contributed by atoms with Gasteiger partial charge in [0.2, 0.25) is 0 Å². The van der Waals surface area contributed by atoms with E-state index in [0.29, 0.717) is 0 Å². The van der Waals surface area contributed by atoms with Crippen LogP contribution in [0, 0.1) is 5.82 Å². The first kappa shape index (κ1) is 12.8. The van der Waals surface area contributed by atoms with Crippen LogP contribution in [0.1, 0.15) is 17.1 Å². The molecule has 1 aromatic carbocycles. The first-order valence-electron chi connectivity index (χ1n) is 6.43. The summed E-state index contributed by atoms with van der Waals surface area (Å²) in [6.07, 6.45) is 1.65. The van der Waals surface area contributed by atoms with Crippen LogP contribution in [0.3, 0.4) is 0 Å². The van der Waals surface area contributed by atoms with Crippen molar-refractivity contribution in [1.82, 2.24) is 14.9 Å². The fraction of sp³-hybridized carbons (Fsp3) is 0.357. The van der Waals surface area contributed by atoms with E-state index in [1.165, 1.54) is 11.8 Å². The Balaban J connectivity index is 1.77. The topological polar surface area (TPSA) is 29.9 Å². The molecular weight excluding hydrogens is 309 g/mol. The Hall–Kier alpha value is -1.20. The standard InChI is InChI=1S/C14H15BrFN3/c15-14-12-9-17-6-7-19(12)13(18-14)5-4-10-2-1-3-11(16)8-10/h1-3,8,17H,4-7,9H2. The van der Waals surface area contributed by atoms with Gasteiger partial charge in [-0.1, -0.05) is 12.1 Å². The second-order valence-corrected chi connectivity index (χ2v) is 5.48. The molecule has 1 aliphatic heterocycles. The molecule has 100 valence electrons. The third kappa shape index (κ3) is 2.72. The van der Waals surface area contributed by atoms with Crippen molar-refractivity contribution < 1.29 is 4.39 Å². The molecule has 0 spiro atoms. The van der Waals surface area contributed by atoms with E-state index in [9.17, 15) is 4.39 Å². The van der Waals surface area contributed by atoms with Gasteiger partial charge in [-0.2, -0.15) is 0 Å². The smallest absolute Gasteiger partial charge is 0.128 e. The van der Waals surface area contributed by atoms with E-state index in [4.69, 9.17) is 0 Å². The van der Waals surface area contributed by atoms with Crippen LogP contribution in [0.2, 0.25) is 0 Å². The highest BCUT2D eigenvalue weighted by molar-refractivity contribution is 9.10. The van der Waals surface area contributed by atoms with Crippen LogP contribution in [0.4, 0.5) is 4.39 Å². The number of imidazole rings is 1. The molecule has 0 atom stereocenters. The summed E-state index contributed by atoms with van der Waals surface area (Å²) in [6.45, 7) is 2.78. The molecule has 1 aromatic heterocycles. The van der Waals surface area contributed by atoms with Gasteiger partial charge in [-0.25, -0.2) is 9.37 Å². The van der Waals surface area contributed by atoms with Crippen molar-refractivity contribution in [2.24, 2.45) is 0 Å². The van der Waals surface area contributed by atoms with Gasteiger partial charge in [0.15, 0.2) is 0 Å². The van der Waals surface area contributed by atoms with Crippen molar-refractivity contribution in [2.75, 3.05) is 6.54 Å². The minimum atomic E-state index is -0.173. The molecule has 19 heavy (non-hydrogen) atoms. The quantitative estimate of drug-likeness (QED) is 0.941. The maximum atomic E-state index is 13.1. The second kappa shape index (κ2) is 5.43. The van der Waals surface area contributed by atoms with Crippen LogP contribution in [0.5, 0.6) is 0 Å². The first-order valence-corrected chi connectivity index (χ1v) is 7.22. The van der Waals surface area contributed by atoms with Crippen LogP contribution in [0.25, 0.3) is 0 Å². The number of nitrogens with one attached hydrogen (secondary N) is 1. The summed E-state index contributed by atoms with van der Waals surface area (Å²) >= 11 is 3.51. The lowest BCUT2D eigenvalue weighted by Gasteiger charge is -2.18. The van der Waals surface area contributed by atoms with Crippen molar-refractivity contribution in [1.29, 1.82) is 0 Å². The summed E-state index contributed by atoms with van der Waals surface area (Å²) < 4.78 is 16.3. The van der Waals surface area contributed by atoms with Crippen molar-refractivity contribution in [3.63, 3.8) is 0 Å². The zero-order chi connectivity index (χ0) is 13.2. The Morgan fingerprint density at radius 1 is 1.37 bits per heavy atom. The summed E-state index contributed by atoms with van der Waals surface area (Å²) in [5.41, 5.74) is 2.22. The van der Waals surface area contributed by atoms with Gasteiger partial charge in [0.05, 0.1) is 5.69 Å². The highest BCUT2D eigenvalue weighted by Gasteiger charge is 2.17. The molecule has 0 bridgehead atoms. The van der Waals surface area contributed by atoms with Crippen molar-refractivity contribution in [3.05, 3.63) is 51.8 Å². The molecule has 3 rings (SSSR count). The lowest BCUT2D eigenvalue weighted by atomic mass is 10.1. The number of halogens is 2. The molecule has 1 aliphatic rings. The van der Waals surface area contributed by atoms with Gasteiger partial charge >= 0.3 is 0 Å². The highest BCUT2D eigenvalue weighted by Crippen LogP contribution is 2.21. The molecule has 1 N–H and O–H groups in total. The Bertz CT molecular complexity index is 594. The maximum Gasteiger partial charge on any atom is 0.128 e. The third-order valence-electron chi connectivity index (χ3n) is 3.43. The normalized spacial score (nSPS) is 14.4. The van der Waals surface area contributed by atoms with E-state index in [-0.39, 0.29) is 5.82 Å². The van der Waals surface area contributed by atoms with E-state index in [1.54, 1.807) is 12.1 Å². The average Bonchev–Trinajstić information content (AvgIpc) is 2.74. The Morgan fingerprint density at radius 2 is 2.26 bits per heavy atom. The van der Waals surface area contributed by atoms with Crippen molar-refractivity contribution in [3.8, 4) is 0 Å². The summed E-state index contributed by atoms with van der Waals surface area (Å²) in [7, 11) is 0. The average molecular weight is 324 g/mol. The monoisotopic (exact) mass is 323 g/mol. The molecule has 5 heteroatoms. The van der Waals surface area contributed by atoms with E-state index < -0.39 is 0 Å². The van der Waals surface area contributed by atoms with Crippen LogP contribution < -0.4 is 5.32 Å². The molecule has 0 saturated heterocycles. The number of hydrogen-bond acceptors (Lipinski definition) is 2. The van der Waals surface area contributed by atoms with Crippen molar-refractivity contribution in [2.45, 2.75) is 25.9 Å². The van der Waals surface area contributed by atoms with Gasteiger partial charge in [0.25, 0.3) is 0 Å². The lowest BCUT2D eigenvalue weighted by Crippen LogP contribution is -2.28. The third-order valence-corrected chi connectivity index (χ3v) is 4.07. The summed E-state index contributed by atoms with van der Waals surface area (Å²) in [5.74, 6) is 0.903. The predicted molar refractivity (Wildman–Crippen MR) is 75.4 cm³/mol. The maximum absolute atomic E-state index is 13.1. The van der Waals surface area contributed by atoms with Gasteiger partial charge in [-0.3, -0.25) is 0 Å². The van der Waals surface area contributed by atoms with Crippen LogP contribution in [-0.4, -0.2) is 16.1 Å². The van der Waals surface area contributed by atoms with E-state index in [2.05, 4.69) is 30.8 Å². The predicted octanol–water partition coefficient (Wildman–Crippen LogP) is 2.67. The zero-order valence-corrected chi connectivity index (χ0v) is 12.1.